The average Bonchev–Trinajstić information content (AvgIpc) is 2.35. The van der Waals surface area contributed by atoms with Crippen LogP contribution in [0.25, 0.3) is 0 Å². The lowest BCUT2D eigenvalue weighted by Crippen LogP contribution is -2.39. The topological polar surface area (TPSA) is 54.0 Å². The van der Waals surface area contributed by atoms with Gasteiger partial charge < -0.3 is 10.6 Å². The summed E-state index contributed by atoms with van der Waals surface area (Å²) in [6.45, 7) is 4.88. The normalized spacial score (nSPS) is 12.4. The molecule has 1 heterocycles. The third-order valence-corrected chi connectivity index (χ3v) is 3.10. The fraction of sp³-hybridized carbons (Fsp3) is 0.500. The van der Waals surface area contributed by atoms with Crippen LogP contribution in [0.2, 0.25) is 0 Å². The first kappa shape index (κ1) is 20.0. The van der Waals surface area contributed by atoms with Gasteiger partial charge in [-0.15, -0.1) is 12.4 Å². The number of carbonyl (C=O) groups is 1. The van der Waals surface area contributed by atoms with Crippen molar-refractivity contribution in [1.29, 1.82) is 0 Å². The second kappa shape index (κ2) is 9.11. The van der Waals surface area contributed by atoms with Crippen LogP contribution in [-0.2, 0) is 0 Å². The summed E-state index contributed by atoms with van der Waals surface area (Å²) in [7, 11) is 0. The average molecular weight is 344 g/mol. The number of hydrogen-bond donors (Lipinski definition) is 2. The number of likely N-dealkylation sites (N-methyl/N-ethyl adjacent to an activating group) is 1. The zero-order valence-electron chi connectivity index (χ0n) is 11.5. The van der Waals surface area contributed by atoms with Crippen LogP contribution in [0, 0.1) is 0 Å². The van der Waals surface area contributed by atoms with Crippen LogP contribution in [0.4, 0.5) is 13.2 Å². The molecule has 21 heavy (non-hydrogen) atoms. The number of nitrogens with zero attached hydrogens (tertiary/aromatic N) is 1. The molecule has 4 nitrogen and oxygen atoms in total. The van der Waals surface area contributed by atoms with E-state index in [-0.39, 0.29) is 40.8 Å². The van der Waals surface area contributed by atoms with Crippen LogP contribution in [0.15, 0.2) is 23.4 Å². The molecule has 1 atom stereocenters. The smallest absolute Gasteiger partial charge is 0.350 e. The highest BCUT2D eigenvalue weighted by Crippen LogP contribution is 2.37. The fourth-order valence-corrected chi connectivity index (χ4v) is 2.12. The van der Waals surface area contributed by atoms with Gasteiger partial charge in [0.1, 0.15) is 5.03 Å². The third kappa shape index (κ3) is 7.54. The molecule has 9 heteroatoms. The number of carbonyl (C=O) groups excluding carboxylic acids is 1. The largest absolute Gasteiger partial charge is 0.447 e. The van der Waals surface area contributed by atoms with Crippen molar-refractivity contribution in [3.8, 4) is 0 Å². The predicted octanol–water partition coefficient (Wildman–Crippen LogP) is 2.84. The van der Waals surface area contributed by atoms with E-state index in [1.54, 1.807) is 0 Å². The molecule has 1 rings (SSSR count). The van der Waals surface area contributed by atoms with E-state index in [1.807, 2.05) is 13.8 Å². The van der Waals surface area contributed by atoms with E-state index in [9.17, 15) is 18.0 Å². The second-order valence-corrected chi connectivity index (χ2v) is 5.13. The van der Waals surface area contributed by atoms with Crippen molar-refractivity contribution in [2.75, 3.05) is 13.1 Å². The minimum Gasteiger partial charge on any atom is -0.350 e. The highest BCUT2D eigenvalue weighted by atomic mass is 35.5. The van der Waals surface area contributed by atoms with Gasteiger partial charge in [-0.3, -0.25) is 4.79 Å². The summed E-state index contributed by atoms with van der Waals surface area (Å²) in [5, 5.41) is 5.34. The molecule has 0 radical (unpaired) electrons. The summed E-state index contributed by atoms with van der Waals surface area (Å²) in [4.78, 5) is 15.5. The van der Waals surface area contributed by atoms with Crippen molar-refractivity contribution in [1.82, 2.24) is 15.6 Å². The van der Waals surface area contributed by atoms with Gasteiger partial charge in [0.2, 0.25) is 0 Å². The van der Waals surface area contributed by atoms with Gasteiger partial charge in [-0.05, 0) is 25.6 Å². The molecule has 1 aromatic heterocycles. The lowest BCUT2D eigenvalue weighted by Gasteiger charge is -2.14. The van der Waals surface area contributed by atoms with Crippen molar-refractivity contribution in [3.05, 3.63) is 23.9 Å². The Bertz CT molecular complexity index is 460. The lowest BCUT2D eigenvalue weighted by atomic mass is 10.2. The number of rotatable bonds is 6. The number of thioether (sulfide) groups is 1. The van der Waals surface area contributed by atoms with E-state index in [0.29, 0.717) is 6.54 Å². The number of alkyl halides is 3. The molecule has 0 aliphatic heterocycles. The van der Waals surface area contributed by atoms with E-state index < -0.39 is 11.4 Å². The number of nitrogens with one attached hydrogen (secondary N) is 2. The Balaban J connectivity index is 0.00000400. The summed E-state index contributed by atoms with van der Waals surface area (Å²) in [6.07, 6.45) is 1.23. The van der Waals surface area contributed by atoms with E-state index >= 15 is 0 Å². The van der Waals surface area contributed by atoms with Gasteiger partial charge in [0.15, 0.2) is 0 Å². The SMILES string of the molecule is CCN[C@H](C)CNC(=O)c1cccnc1SC(F)(F)F.Cl. The standard InChI is InChI=1S/C12H16F3N3OS.ClH/c1-3-16-8(2)7-18-10(19)9-5-4-6-17-11(9)20-12(13,14)15;/h4-6,8,16H,3,7H2,1-2H3,(H,18,19);1H/t8-;/m1./s1. The maximum Gasteiger partial charge on any atom is 0.447 e. The maximum atomic E-state index is 12.4. The zero-order valence-corrected chi connectivity index (χ0v) is 13.2. The Labute approximate surface area is 131 Å². The van der Waals surface area contributed by atoms with Crippen LogP contribution in [-0.4, -0.2) is 35.5 Å². The summed E-state index contributed by atoms with van der Waals surface area (Å²) in [5.41, 5.74) is -4.54. The lowest BCUT2D eigenvalue weighted by molar-refractivity contribution is -0.0329. The van der Waals surface area contributed by atoms with Crippen LogP contribution in [0.3, 0.4) is 0 Å². The first-order valence-corrected chi connectivity index (χ1v) is 6.87. The van der Waals surface area contributed by atoms with Crippen molar-refractivity contribution in [3.63, 3.8) is 0 Å². The third-order valence-electron chi connectivity index (χ3n) is 2.35. The first-order valence-electron chi connectivity index (χ1n) is 6.05. The Morgan fingerprint density at radius 3 is 2.71 bits per heavy atom. The summed E-state index contributed by atoms with van der Waals surface area (Å²) >= 11 is -0.387. The van der Waals surface area contributed by atoms with Gasteiger partial charge in [-0.25, -0.2) is 4.98 Å². The molecule has 0 saturated carbocycles. The molecular weight excluding hydrogens is 327 g/mol. The molecule has 0 bridgehead atoms. The van der Waals surface area contributed by atoms with E-state index in [1.165, 1.54) is 18.3 Å². The van der Waals surface area contributed by atoms with E-state index in [0.717, 1.165) is 6.54 Å². The van der Waals surface area contributed by atoms with Crippen molar-refractivity contribution >= 4 is 30.1 Å². The molecule has 0 aliphatic carbocycles. The number of pyridine rings is 1. The number of hydrogen-bond acceptors (Lipinski definition) is 4. The number of halogens is 4. The molecule has 0 aromatic carbocycles. The van der Waals surface area contributed by atoms with Crippen LogP contribution in [0.1, 0.15) is 24.2 Å². The Morgan fingerprint density at radius 2 is 2.14 bits per heavy atom. The highest BCUT2D eigenvalue weighted by Gasteiger charge is 2.32. The summed E-state index contributed by atoms with van der Waals surface area (Å²) < 4.78 is 37.1. The predicted molar refractivity (Wildman–Crippen MR) is 78.9 cm³/mol. The molecule has 0 saturated heterocycles. The minimum absolute atomic E-state index is 0. The van der Waals surface area contributed by atoms with Crippen LogP contribution < -0.4 is 10.6 Å². The Kier molecular flexibility index (Phi) is 8.68. The molecule has 0 fully saturated rings. The highest BCUT2D eigenvalue weighted by molar-refractivity contribution is 8.00. The molecule has 0 spiro atoms. The van der Waals surface area contributed by atoms with E-state index in [4.69, 9.17) is 0 Å². The number of amides is 1. The molecular formula is C12H17ClF3N3OS. The van der Waals surface area contributed by atoms with Gasteiger partial charge in [-0.1, -0.05) is 6.92 Å². The van der Waals surface area contributed by atoms with Gasteiger partial charge >= 0.3 is 5.51 Å². The molecule has 2 N–H and O–H groups in total. The molecule has 1 amide bonds. The van der Waals surface area contributed by atoms with Crippen molar-refractivity contribution in [2.45, 2.75) is 30.4 Å². The second-order valence-electron chi connectivity index (χ2n) is 4.07. The summed E-state index contributed by atoms with van der Waals surface area (Å²) in [6, 6.07) is 2.80. The van der Waals surface area contributed by atoms with Crippen LogP contribution >= 0.6 is 24.2 Å². The monoisotopic (exact) mass is 343 g/mol. The summed E-state index contributed by atoms with van der Waals surface area (Å²) in [5.74, 6) is -0.561. The first-order chi connectivity index (χ1) is 9.33. The Hall–Kier alpha value is -0.990. The molecule has 120 valence electrons. The minimum atomic E-state index is -4.47. The van der Waals surface area contributed by atoms with Crippen LogP contribution in [0.5, 0.6) is 0 Å². The van der Waals surface area contributed by atoms with Crippen molar-refractivity contribution in [2.24, 2.45) is 0 Å². The molecule has 0 aliphatic rings. The van der Waals surface area contributed by atoms with Gasteiger partial charge in [0.25, 0.3) is 5.91 Å². The van der Waals surface area contributed by atoms with Gasteiger partial charge in [0.05, 0.1) is 5.56 Å². The van der Waals surface area contributed by atoms with Gasteiger partial charge in [-0.2, -0.15) is 13.2 Å². The number of aromatic nitrogens is 1. The maximum absolute atomic E-state index is 12.4. The quantitative estimate of drug-likeness (QED) is 0.780. The van der Waals surface area contributed by atoms with Gasteiger partial charge in [0, 0.05) is 30.5 Å². The Morgan fingerprint density at radius 1 is 1.48 bits per heavy atom. The molecule has 1 aromatic rings. The zero-order chi connectivity index (χ0) is 15.2. The van der Waals surface area contributed by atoms with E-state index in [2.05, 4.69) is 15.6 Å². The van der Waals surface area contributed by atoms with Crippen molar-refractivity contribution < 1.29 is 18.0 Å². The molecule has 0 unspecified atom stereocenters. The fourth-order valence-electron chi connectivity index (χ4n) is 1.52.